The maximum Gasteiger partial charge on any atom is 0.228 e. The lowest BCUT2D eigenvalue weighted by Crippen LogP contribution is -2.15. The lowest BCUT2D eigenvalue weighted by molar-refractivity contribution is -0.115. The first-order valence-corrected chi connectivity index (χ1v) is 9.74. The van der Waals surface area contributed by atoms with Crippen LogP contribution in [0.15, 0.2) is 47.2 Å². The van der Waals surface area contributed by atoms with Crippen LogP contribution in [-0.4, -0.2) is 30.8 Å². The molecule has 9 nitrogen and oxygen atoms in total. The zero-order valence-corrected chi connectivity index (χ0v) is 17.7. The van der Waals surface area contributed by atoms with Gasteiger partial charge < -0.3 is 14.6 Å². The third-order valence-electron chi connectivity index (χ3n) is 4.73. The van der Waals surface area contributed by atoms with Crippen LogP contribution in [0.5, 0.6) is 11.6 Å². The van der Waals surface area contributed by atoms with E-state index in [9.17, 15) is 4.79 Å². The van der Waals surface area contributed by atoms with Crippen LogP contribution >= 0.6 is 0 Å². The third kappa shape index (κ3) is 4.61. The summed E-state index contributed by atoms with van der Waals surface area (Å²) in [5.41, 5.74) is 4.07. The molecule has 9 heteroatoms. The monoisotopic (exact) mass is 418 g/mol. The quantitative estimate of drug-likeness (QED) is 0.506. The van der Waals surface area contributed by atoms with Gasteiger partial charge in [0.05, 0.1) is 17.8 Å². The Morgan fingerprint density at radius 1 is 1.10 bits per heavy atom. The Morgan fingerprint density at radius 2 is 1.87 bits per heavy atom. The number of benzene rings is 1. The average molecular weight is 418 g/mol. The first kappa shape index (κ1) is 20.3. The van der Waals surface area contributed by atoms with Gasteiger partial charge in [0.2, 0.25) is 11.8 Å². The van der Waals surface area contributed by atoms with Crippen LogP contribution in [0.4, 0.5) is 5.69 Å². The molecule has 31 heavy (non-hydrogen) atoms. The van der Waals surface area contributed by atoms with E-state index >= 15 is 0 Å². The van der Waals surface area contributed by atoms with Crippen LogP contribution in [-0.2, 0) is 11.2 Å². The Morgan fingerprint density at radius 3 is 2.52 bits per heavy atom. The molecule has 3 aromatic heterocycles. The molecule has 0 saturated carbocycles. The largest absolute Gasteiger partial charge is 0.439 e. The van der Waals surface area contributed by atoms with Crippen molar-refractivity contribution in [2.45, 2.75) is 34.1 Å². The van der Waals surface area contributed by atoms with Crippen molar-refractivity contribution in [1.82, 2.24) is 24.9 Å². The summed E-state index contributed by atoms with van der Waals surface area (Å²) in [4.78, 5) is 20.8. The number of carbonyl (C=O) groups is 1. The topological polar surface area (TPSA) is 108 Å². The van der Waals surface area contributed by atoms with Gasteiger partial charge in [-0.2, -0.15) is 5.10 Å². The fourth-order valence-electron chi connectivity index (χ4n) is 3.21. The second-order valence-corrected chi connectivity index (χ2v) is 7.21. The van der Waals surface area contributed by atoms with Gasteiger partial charge in [-0.15, -0.1) is 0 Å². The SMILES string of the molecule is Cc1cc(C)n(-c2cc(Oc3ccc(NC(=O)Cc4c(C)noc4C)cc3)ncn2)n1. The van der Waals surface area contributed by atoms with Crippen molar-refractivity contribution < 1.29 is 14.1 Å². The summed E-state index contributed by atoms with van der Waals surface area (Å²) in [6, 6.07) is 10.8. The highest BCUT2D eigenvalue weighted by atomic mass is 16.5. The molecule has 0 aliphatic carbocycles. The van der Waals surface area contributed by atoms with Crippen molar-refractivity contribution in [3.05, 3.63) is 71.1 Å². The van der Waals surface area contributed by atoms with Crippen molar-refractivity contribution in [1.29, 1.82) is 0 Å². The summed E-state index contributed by atoms with van der Waals surface area (Å²) in [6.07, 6.45) is 1.64. The molecule has 0 bridgehead atoms. The number of hydrogen-bond acceptors (Lipinski definition) is 7. The van der Waals surface area contributed by atoms with Gasteiger partial charge in [0.25, 0.3) is 0 Å². The lowest BCUT2D eigenvalue weighted by Gasteiger charge is -2.09. The van der Waals surface area contributed by atoms with Crippen LogP contribution in [0.3, 0.4) is 0 Å². The van der Waals surface area contributed by atoms with Gasteiger partial charge in [0.1, 0.15) is 17.8 Å². The maximum atomic E-state index is 12.3. The van der Waals surface area contributed by atoms with Gasteiger partial charge >= 0.3 is 0 Å². The number of carbonyl (C=O) groups excluding carboxylic acids is 1. The van der Waals surface area contributed by atoms with Crippen molar-refractivity contribution in [2.75, 3.05) is 5.32 Å². The van der Waals surface area contributed by atoms with E-state index in [2.05, 4.69) is 25.5 Å². The summed E-state index contributed by atoms with van der Waals surface area (Å²) in [5, 5.41) is 11.2. The van der Waals surface area contributed by atoms with Gasteiger partial charge in [-0.25, -0.2) is 14.6 Å². The molecule has 0 aliphatic rings. The Balaban J connectivity index is 1.41. The van der Waals surface area contributed by atoms with Crippen molar-refractivity contribution in [2.24, 2.45) is 0 Å². The minimum atomic E-state index is -0.145. The van der Waals surface area contributed by atoms with Crippen molar-refractivity contribution in [3.63, 3.8) is 0 Å². The maximum absolute atomic E-state index is 12.3. The third-order valence-corrected chi connectivity index (χ3v) is 4.73. The van der Waals surface area contributed by atoms with Gasteiger partial charge in [0.15, 0.2) is 5.82 Å². The lowest BCUT2D eigenvalue weighted by atomic mass is 10.1. The minimum Gasteiger partial charge on any atom is -0.439 e. The summed E-state index contributed by atoms with van der Waals surface area (Å²) >= 11 is 0. The molecule has 1 amide bonds. The number of aryl methyl sites for hydroxylation is 4. The van der Waals surface area contributed by atoms with Gasteiger partial charge in [-0.05, 0) is 58.0 Å². The summed E-state index contributed by atoms with van der Waals surface area (Å²) in [5.74, 6) is 2.11. The molecule has 0 saturated heterocycles. The number of hydrogen-bond donors (Lipinski definition) is 1. The van der Waals surface area contributed by atoms with Crippen LogP contribution in [0.25, 0.3) is 5.82 Å². The summed E-state index contributed by atoms with van der Waals surface area (Å²) in [6.45, 7) is 7.50. The Bertz CT molecular complexity index is 1210. The highest BCUT2D eigenvalue weighted by Gasteiger charge is 2.14. The molecule has 4 aromatic rings. The molecule has 0 fully saturated rings. The minimum absolute atomic E-state index is 0.145. The Labute approximate surface area is 179 Å². The van der Waals surface area contributed by atoms with Crippen LogP contribution in [0.2, 0.25) is 0 Å². The van der Waals surface area contributed by atoms with E-state index in [4.69, 9.17) is 9.26 Å². The van der Waals surface area contributed by atoms with Crippen LogP contribution in [0.1, 0.15) is 28.4 Å². The molecule has 0 unspecified atom stereocenters. The molecule has 158 valence electrons. The number of amides is 1. The van der Waals surface area contributed by atoms with E-state index in [0.717, 1.165) is 22.6 Å². The molecule has 0 spiro atoms. The second kappa shape index (κ2) is 8.39. The molecule has 0 aliphatic heterocycles. The molecule has 4 rings (SSSR count). The number of rotatable bonds is 6. The average Bonchev–Trinajstić information content (AvgIpc) is 3.25. The second-order valence-electron chi connectivity index (χ2n) is 7.21. The zero-order valence-electron chi connectivity index (χ0n) is 17.7. The normalized spacial score (nSPS) is 10.8. The number of anilines is 1. The first-order chi connectivity index (χ1) is 14.9. The van der Waals surface area contributed by atoms with Gasteiger partial charge in [0, 0.05) is 23.0 Å². The van der Waals surface area contributed by atoms with E-state index in [1.54, 1.807) is 41.9 Å². The standard InChI is InChI=1S/C22H22N6O3/c1-13-9-14(2)28(26-13)20-11-22(24-12-23-20)30-18-7-5-17(6-8-18)25-21(29)10-19-15(3)27-31-16(19)4/h5-9,11-12H,10H2,1-4H3,(H,25,29). The van der Waals surface area contributed by atoms with E-state index in [1.165, 1.54) is 6.33 Å². The molecule has 1 aromatic carbocycles. The Hall–Kier alpha value is -4.01. The Kier molecular flexibility index (Phi) is 5.48. The predicted octanol–water partition coefficient (Wildman–Crippen LogP) is 3.86. The summed E-state index contributed by atoms with van der Waals surface area (Å²) < 4.78 is 12.7. The molecule has 0 atom stereocenters. The first-order valence-electron chi connectivity index (χ1n) is 9.74. The van der Waals surface area contributed by atoms with Crippen LogP contribution in [0, 0.1) is 27.7 Å². The zero-order chi connectivity index (χ0) is 22.0. The number of aromatic nitrogens is 5. The van der Waals surface area contributed by atoms with E-state index in [1.807, 2.05) is 26.8 Å². The smallest absolute Gasteiger partial charge is 0.228 e. The van der Waals surface area contributed by atoms with E-state index in [0.29, 0.717) is 28.9 Å². The van der Waals surface area contributed by atoms with E-state index < -0.39 is 0 Å². The van der Waals surface area contributed by atoms with Gasteiger partial charge in [-0.1, -0.05) is 5.16 Å². The number of nitrogens with one attached hydrogen (secondary N) is 1. The van der Waals surface area contributed by atoms with Crippen LogP contribution < -0.4 is 10.1 Å². The fraction of sp³-hybridized carbons (Fsp3) is 0.227. The summed E-state index contributed by atoms with van der Waals surface area (Å²) in [7, 11) is 0. The van der Waals surface area contributed by atoms with Crippen molar-refractivity contribution in [3.8, 4) is 17.4 Å². The number of ether oxygens (including phenoxy) is 1. The molecule has 3 heterocycles. The van der Waals surface area contributed by atoms with E-state index in [-0.39, 0.29) is 12.3 Å². The van der Waals surface area contributed by atoms with Crippen molar-refractivity contribution >= 4 is 11.6 Å². The molecule has 1 N–H and O–H groups in total. The highest BCUT2D eigenvalue weighted by molar-refractivity contribution is 5.92. The molecule has 0 radical (unpaired) electrons. The highest BCUT2D eigenvalue weighted by Crippen LogP contribution is 2.23. The van der Waals surface area contributed by atoms with Gasteiger partial charge in [-0.3, -0.25) is 4.79 Å². The molecular weight excluding hydrogens is 396 g/mol. The predicted molar refractivity (Wildman–Crippen MR) is 113 cm³/mol. The fourth-order valence-corrected chi connectivity index (χ4v) is 3.21. The molecular formula is C22H22N6O3. The number of nitrogens with zero attached hydrogens (tertiary/aromatic N) is 5.